The van der Waals surface area contributed by atoms with Crippen LogP contribution in [-0.4, -0.2) is 36.4 Å². The van der Waals surface area contributed by atoms with Gasteiger partial charge < -0.3 is 19.8 Å². The molecule has 0 spiro atoms. The summed E-state index contributed by atoms with van der Waals surface area (Å²) in [6.07, 6.45) is 0. The van der Waals surface area contributed by atoms with Crippen molar-refractivity contribution >= 4 is 34.9 Å². The van der Waals surface area contributed by atoms with Gasteiger partial charge in [0.05, 0.1) is 12.1 Å². The number of ether oxygens (including phenoxy) is 2. The number of H-pyrrole nitrogens is 1. The van der Waals surface area contributed by atoms with Crippen LogP contribution in [0, 0.1) is 13.8 Å². The molecule has 2 aromatic rings. The molecule has 0 aliphatic heterocycles. The molecule has 0 saturated carbocycles. The molecule has 138 valence electrons. The average Bonchev–Trinajstić information content (AvgIpc) is 2.87. The third-order valence-electron chi connectivity index (χ3n) is 3.76. The van der Waals surface area contributed by atoms with Crippen molar-refractivity contribution in [1.29, 1.82) is 0 Å². The van der Waals surface area contributed by atoms with E-state index >= 15 is 0 Å². The Hall–Kier alpha value is -2.80. The largest absolute Gasteiger partial charge is 0.495 e. The molecule has 0 atom stereocenters. The molecule has 1 aromatic heterocycles. The first kappa shape index (κ1) is 19.5. The maximum Gasteiger partial charge on any atom is 0.355 e. The third kappa shape index (κ3) is 4.23. The van der Waals surface area contributed by atoms with Crippen LogP contribution in [0.25, 0.3) is 0 Å². The number of nitrogens with one attached hydrogen (secondary N) is 2. The lowest BCUT2D eigenvalue weighted by molar-refractivity contribution is -0.119. The summed E-state index contributed by atoms with van der Waals surface area (Å²) in [6, 6.07) is 4.75. The first-order valence-corrected chi connectivity index (χ1v) is 8.13. The van der Waals surface area contributed by atoms with Crippen molar-refractivity contribution in [3.05, 3.63) is 45.7 Å². The fourth-order valence-electron chi connectivity index (χ4n) is 2.63. The van der Waals surface area contributed by atoms with Gasteiger partial charge in [-0.05, 0) is 44.5 Å². The van der Waals surface area contributed by atoms with Crippen molar-refractivity contribution in [3.63, 3.8) is 0 Å². The van der Waals surface area contributed by atoms with E-state index in [9.17, 15) is 14.4 Å². The summed E-state index contributed by atoms with van der Waals surface area (Å²) < 4.78 is 10.0. The van der Waals surface area contributed by atoms with E-state index in [1.165, 1.54) is 20.1 Å². The SMILES string of the molecule is COc1ccc(NC(=O)COC(=O)c2[nH]c(C)c(C(C)=O)c2C)cc1Cl. The number of anilines is 1. The second kappa shape index (κ2) is 8.05. The molecule has 0 aliphatic rings. The molecular formula is C18H19ClN2O5. The highest BCUT2D eigenvalue weighted by Gasteiger charge is 2.21. The molecule has 0 bridgehead atoms. The zero-order valence-corrected chi connectivity index (χ0v) is 15.6. The fraction of sp³-hybridized carbons (Fsp3) is 0.278. The van der Waals surface area contributed by atoms with Crippen molar-refractivity contribution in [2.24, 2.45) is 0 Å². The molecule has 1 amide bonds. The number of ketones is 1. The Morgan fingerprint density at radius 1 is 1.23 bits per heavy atom. The van der Waals surface area contributed by atoms with Gasteiger partial charge in [-0.1, -0.05) is 11.6 Å². The van der Waals surface area contributed by atoms with Gasteiger partial charge >= 0.3 is 5.97 Å². The van der Waals surface area contributed by atoms with E-state index in [4.69, 9.17) is 21.1 Å². The Balaban J connectivity index is 1.99. The van der Waals surface area contributed by atoms with E-state index in [-0.39, 0.29) is 11.5 Å². The monoisotopic (exact) mass is 378 g/mol. The van der Waals surface area contributed by atoms with Gasteiger partial charge in [-0.25, -0.2) is 4.79 Å². The second-order valence-electron chi connectivity index (χ2n) is 5.65. The van der Waals surface area contributed by atoms with Crippen LogP contribution >= 0.6 is 11.6 Å². The highest BCUT2D eigenvalue weighted by Crippen LogP contribution is 2.27. The Bertz CT molecular complexity index is 873. The van der Waals surface area contributed by atoms with Gasteiger partial charge in [0.2, 0.25) is 0 Å². The molecule has 2 N–H and O–H groups in total. The normalized spacial score (nSPS) is 10.3. The Morgan fingerprint density at radius 2 is 1.92 bits per heavy atom. The number of hydrogen-bond donors (Lipinski definition) is 2. The predicted octanol–water partition coefficient (Wildman–Crippen LogP) is 3.29. The molecule has 2 rings (SSSR count). The van der Waals surface area contributed by atoms with E-state index in [1.807, 2.05) is 0 Å². The lowest BCUT2D eigenvalue weighted by atomic mass is 10.1. The van der Waals surface area contributed by atoms with Gasteiger partial charge in [0.1, 0.15) is 11.4 Å². The van der Waals surface area contributed by atoms with Crippen molar-refractivity contribution in [2.75, 3.05) is 19.0 Å². The molecule has 8 heteroatoms. The minimum Gasteiger partial charge on any atom is -0.495 e. The van der Waals surface area contributed by atoms with Crippen LogP contribution in [0.15, 0.2) is 18.2 Å². The number of aromatic amines is 1. The van der Waals surface area contributed by atoms with E-state index in [1.54, 1.807) is 26.0 Å². The van der Waals surface area contributed by atoms with Crippen LogP contribution in [0.1, 0.15) is 39.0 Å². The van der Waals surface area contributed by atoms with Crippen molar-refractivity contribution in [2.45, 2.75) is 20.8 Å². The van der Waals surface area contributed by atoms with Gasteiger partial charge in [0.25, 0.3) is 5.91 Å². The molecule has 1 heterocycles. The van der Waals surface area contributed by atoms with E-state index < -0.39 is 18.5 Å². The van der Waals surface area contributed by atoms with Crippen LogP contribution in [0.4, 0.5) is 5.69 Å². The Morgan fingerprint density at radius 3 is 2.46 bits per heavy atom. The van der Waals surface area contributed by atoms with Crippen LogP contribution in [0.2, 0.25) is 5.02 Å². The number of Topliss-reactive ketones (excluding diaryl/α,β-unsaturated/α-hetero) is 1. The zero-order chi connectivity index (χ0) is 19.4. The maximum absolute atomic E-state index is 12.2. The third-order valence-corrected chi connectivity index (χ3v) is 4.06. The lowest BCUT2D eigenvalue weighted by Crippen LogP contribution is -2.21. The summed E-state index contributed by atoms with van der Waals surface area (Å²) in [5.41, 5.74) is 2.14. The fourth-order valence-corrected chi connectivity index (χ4v) is 2.88. The lowest BCUT2D eigenvalue weighted by Gasteiger charge is -2.08. The number of methoxy groups -OCH3 is 1. The molecule has 0 saturated heterocycles. The number of aromatic nitrogens is 1. The highest BCUT2D eigenvalue weighted by molar-refractivity contribution is 6.32. The van der Waals surface area contributed by atoms with E-state index in [2.05, 4.69) is 10.3 Å². The standard InChI is InChI=1S/C18H19ClN2O5/c1-9-16(11(3)22)10(2)20-17(9)18(24)26-8-15(23)21-12-5-6-14(25-4)13(19)7-12/h5-7,20H,8H2,1-4H3,(H,21,23). The number of hydrogen-bond acceptors (Lipinski definition) is 5. The average molecular weight is 379 g/mol. The number of benzene rings is 1. The van der Waals surface area contributed by atoms with E-state index in [0.29, 0.717) is 33.3 Å². The summed E-state index contributed by atoms with van der Waals surface area (Å²) >= 11 is 5.99. The maximum atomic E-state index is 12.2. The quantitative estimate of drug-likeness (QED) is 0.593. The number of aryl methyl sites for hydroxylation is 1. The van der Waals surface area contributed by atoms with Gasteiger partial charge in [-0.15, -0.1) is 0 Å². The summed E-state index contributed by atoms with van der Waals surface area (Å²) in [4.78, 5) is 38.6. The van der Waals surface area contributed by atoms with Crippen LogP contribution in [0.5, 0.6) is 5.75 Å². The molecule has 0 radical (unpaired) electrons. The van der Waals surface area contributed by atoms with Crippen molar-refractivity contribution in [3.8, 4) is 5.75 Å². The molecule has 26 heavy (non-hydrogen) atoms. The minimum atomic E-state index is -0.707. The van der Waals surface area contributed by atoms with Crippen molar-refractivity contribution < 1.29 is 23.9 Å². The van der Waals surface area contributed by atoms with Crippen LogP contribution in [-0.2, 0) is 9.53 Å². The molecule has 1 aromatic carbocycles. The number of carbonyl (C=O) groups is 3. The Kier molecular flexibility index (Phi) is 6.05. The van der Waals surface area contributed by atoms with Crippen molar-refractivity contribution in [1.82, 2.24) is 4.98 Å². The molecule has 0 unspecified atom stereocenters. The van der Waals surface area contributed by atoms with Gasteiger partial charge in [0, 0.05) is 16.9 Å². The summed E-state index contributed by atoms with van der Waals surface area (Å²) in [5.74, 6) is -0.896. The summed E-state index contributed by atoms with van der Waals surface area (Å²) in [5, 5.41) is 2.91. The zero-order valence-electron chi connectivity index (χ0n) is 14.9. The summed E-state index contributed by atoms with van der Waals surface area (Å²) in [6.45, 7) is 4.29. The molecule has 0 fully saturated rings. The van der Waals surface area contributed by atoms with E-state index in [0.717, 1.165) is 0 Å². The first-order chi connectivity index (χ1) is 12.2. The predicted molar refractivity (Wildman–Crippen MR) is 97.2 cm³/mol. The number of halogens is 1. The summed E-state index contributed by atoms with van der Waals surface area (Å²) in [7, 11) is 1.49. The number of carbonyl (C=O) groups excluding carboxylic acids is 3. The van der Waals surface area contributed by atoms with Gasteiger partial charge in [0.15, 0.2) is 12.4 Å². The first-order valence-electron chi connectivity index (χ1n) is 7.75. The Labute approximate surface area is 155 Å². The van der Waals surface area contributed by atoms with Crippen LogP contribution < -0.4 is 10.1 Å². The smallest absolute Gasteiger partial charge is 0.355 e. The van der Waals surface area contributed by atoms with Gasteiger partial charge in [-0.3, -0.25) is 9.59 Å². The molecule has 7 nitrogen and oxygen atoms in total. The molecule has 0 aliphatic carbocycles. The number of amides is 1. The van der Waals surface area contributed by atoms with Crippen LogP contribution in [0.3, 0.4) is 0 Å². The highest BCUT2D eigenvalue weighted by atomic mass is 35.5. The topological polar surface area (TPSA) is 97.5 Å². The number of rotatable bonds is 6. The molecular weight excluding hydrogens is 360 g/mol. The second-order valence-corrected chi connectivity index (χ2v) is 6.06. The number of esters is 1. The minimum absolute atomic E-state index is 0.149. The van der Waals surface area contributed by atoms with Gasteiger partial charge in [-0.2, -0.15) is 0 Å².